The van der Waals surface area contributed by atoms with Crippen molar-refractivity contribution in [3.63, 3.8) is 0 Å². The van der Waals surface area contributed by atoms with E-state index in [-0.39, 0.29) is 5.54 Å². The minimum Gasteiger partial charge on any atom is -0.325 e. The summed E-state index contributed by atoms with van der Waals surface area (Å²) >= 11 is 2.02. The van der Waals surface area contributed by atoms with E-state index in [1.54, 1.807) is 0 Å². The maximum atomic E-state index is 6.41. The summed E-state index contributed by atoms with van der Waals surface area (Å²) in [6, 6.07) is 0. The standard InChI is InChI=1S/C12H25NS/c1-4-14-10-9-12(13)7-5-11(2,3)6-8-12/h4-10,13H2,1-3H3. The first-order valence-corrected chi connectivity index (χ1v) is 7.00. The van der Waals surface area contributed by atoms with Crippen LogP contribution in [0.25, 0.3) is 0 Å². The number of hydrogen-bond donors (Lipinski definition) is 1. The van der Waals surface area contributed by atoms with E-state index in [1.807, 2.05) is 11.8 Å². The Balaban J connectivity index is 2.30. The summed E-state index contributed by atoms with van der Waals surface area (Å²) in [5.74, 6) is 2.47. The molecule has 0 atom stereocenters. The summed E-state index contributed by atoms with van der Waals surface area (Å²) in [4.78, 5) is 0. The van der Waals surface area contributed by atoms with Gasteiger partial charge in [-0.15, -0.1) is 0 Å². The van der Waals surface area contributed by atoms with Crippen LogP contribution in [-0.4, -0.2) is 17.0 Å². The Labute approximate surface area is 93.2 Å². The van der Waals surface area contributed by atoms with Crippen LogP contribution >= 0.6 is 11.8 Å². The summed E-state index contributed by atoms with van der Waals surface area (Å²) < 4.78 is 0. The van der Waals surface area contributed by atoms with Crippen LogP contribution in [0.15, 0.2) is 0 Å². The molecule has 0 aliphatic heterocycles. The van der Waals surface area contributed by atoms with Gasteiger partial charge in [-0.25, -0.2) is 0 Å². The lowest BCUT2D eigenvalue weighted by atomic mass is 9.69. The molecule has 1 rings (SSSR count). The van der Waals surface area contributed by atoms with Crippen molar-refractivity contribution in [3.05, 3.63) is 0 Å². The quantitative estimate of drug-likeness (QED) is 0.727. The van der Waals surface area contributed by atoms with Crippen molar-refractivity contribution in [2.24, 2.45) is 11.1 Å². The van der Waals surface area contributed by atoms with E-state index in [0.717, 1.165) is 0 Å². The Morgan fingerprint density at radius 3 is 2.21 bits per heavy atom. The van der Waals surface area contributed by atoms with Gasteiger partial charge in [0.05, 0.1) is 0 Å². The van der Waals surface area contributed by atoms with Gasteiger partial charge in [-0.1, -0.05) is 20.8 Å². The molecule has 2 N–H and O–H groups in total. The Bertz CT molecular complexity index is 167. The van der Waals surface area contributed by atoms with E-state index < -0.39 is 0 Å². The van der Waals surface area contributed by atoms with Gasteiger partial charge in [0.1, 0.15) is 0 Å². The molecule has 0 aromatic carbocycles. The van der Waals surface area contributed by atoms with Crippen LogP contribution in [0.1, 0.15) is 52.9 Å². The molecule has 1 aliphatic carbocycles. The third kappa shape index (κ3) is 3.82. The summed E-state index contributed by atoms with van der Waals surface area (Å²) in [5, 5.41) is 0. The van der Waals surface area contributed by atoms with Crippen molar-refractivity contribution in [2.45, 2.75) is 58.4 Å². The van der Waals surface area contributed by atoms with Gasteiger partial charge >= 0.3 is 0 Å². The molecule has 0 spiro atoms. The number of nitrogens with two attached hydrogens (primary N) is 1. The van der Waals surface area contributed by atoms with Gasteiger partial charge in [-0.05, 0) is 49.0 Å². The van der Waals surface area contributed by atoms with Crippen LogP contribution in [0.5, 0.6) is 0 Å². The van der Waals surface area contributed by atoms with Crippen molar-refractivity contribution in [1.29, 1.82) is 0 Å². The highest BCUT2D eigenvalue weighted by molar-refractivity contribution is 7.99. The van der Waals surface area contributed by atoms with Crippen molar-refractivity contribution in [1.82, 2.24) is 0 Å². The minimum atomic E-state index is 0.164. The molecular weight excluding hydrogens is 190 g/mol. The van der Waals surface area contributed by atoms with E-state index in [9.17, 15) is 0 Å². The van der Waals surface area contributed by atoms with Gasteiger partial charge in [0.2, 0.25) is 0 Å². The molecule has 1 saturated carbocycles. The van der Waals surface area contributed by atoms with Crippen LogP contribution < -0.4 is 5.73 Å². The van der Waals surface area contributed by atoms with Gasteiger partial charge in [-0.2, -0.15) is 11.8 Å². The van der Waals surface area contributed by atoms with Gasteiger partial charge in [0.15, 0.2) is 0 Å². The van der Waals surface area contributed by atoms with Crippen molar-refractivity contribution >= 4 is 11.8 Å². The molecule has 2 heteroatoms. The average molecular weight is 215 g/mol. The lowest BCUT2D eigenvalue weighted by Gasteiger charge is -2.41. The third-order valence-corrected chi connectivity index (χ3v) is 4.45. The lowest BCUT2D eigenvalue weighted by Crippen LogP contribution is -2.45. The van der Waals surface area contributed by atoms with Gasteiger partial charge in [0, 0.05) is 5.54 Å². The van der Waals surface area contributed by atoms with E-state index in [1.165, 1.54) is 43.6 Å². The second-order valence-corrected chi connectivity index (χ2v) is 6.87. The van der Waals surface area contributed by atoms with E-state index >= 15 is 0 Å². The number of rotatable bonds is 4. The zero-order chi connectivity index (χ0) is 10.7. The summed E-state index contributed by atoms with van der Waals surface area (Å²) in [6.45, 7) is 6.96. The first-order chi connectivity index (χ1) is 6.47. The first-order valence-electron chi connectivity index (χ1n) is 5.84. The van der Waals surface area contributed by atoms with E-state index in [4.69, 9.17) is 5.73 Å². The zero-order valence-electron chi connectivity index (χ0n) is 9.94. The molecule has 1 fully saturated rings. The van der Waals surface area contributed by atoms with Crippen LogP contribution in [-0.2, 0) is 0 Å². The third-order valence-electron chi connectivity index (χ3n) is 3.55. The largest absolute Gasteiger partial charge is 0.325 e. The smallest absolute Gasteiger partial charge is 0.0162 e. The summed E-state index contributed by atoms with van der Waals surface area (Å²) in [7, 11) is 0. The monoisotopic (exact) mass is 215 g/mol. The Kier molecular flexibility index (Phi) is 4.32. The Morgan fingerprint density at radius 2 is 1.71 bits per heavy atom. The van der Waals surface area contributed by atoms with E-state index in [0.29, 0.717) is 5.41 Å². The summed E-state index contributed by atoms with van der Waals surface area (Å²) in [5.41, 5.74) is 7.11. The molecule has 0 bridgehead atoms. The normalized spacial score (nSPS) is 24.9. The molecule has 0 saturated heterocycles. The molecule has 0 heterocycles. The van der Waals surface area contributed by atoms with Gasteiger partial charge in [-0.3, -0.25) is 0 Å². The fourth-order valence-corrected chi connectivity index (χ4v) is 2.93. The molecule has 0 unspecified atom stereocenters. The molecule has 0 amide bonds. The molecule has 0 radical (unpaired) electrons. The molecular formula is C12H25NS. The molecule has 1 aliphatic rings. The average Bonchev–Trinajstić information content (AvgIpc) is 2.12. The predicted molar refractivity (Wildman–Crippen MR) is 66.8 cm³/mol. The topological polar surface area (TPSA) is 26.0 Å². The minimum absolute atomic E-state index is 0.164. The van der Waals surface area contributed by atoms with Gasteiger partial charge in [0.25, 0.3) is 0 Å². The zero-order valence-corrected chi connectivity index (χ0v) is 10.8. The maximum absolute atomic E-state index is 6.41. The molecule has 0 aromatic heterocycles. The van der Waals surface area contributed by atoms with Gasteiger partial charge < -0.3 is 5.73 Å². The second-order valence-electron chi connectivity index (χ2n) is 5.47. The van der Waals surface area contributed by atoms with Crippen LogP contribution in [0.2, 0.25) is 0 Å². The van der Waals surface area contributed by atoms with Crippen LogP contribution in [0, 0.1) is 5.41 Å². The molecule has 1 nitrogen and oxygen atoms in total. The summed E-state index contributed by atoms with van der Waals surface area (Å²) in [6.07, 6.45) is 6.27. The molecule has 84 valence electrons. The highest BCUT2D eigenvalue weighted by atomic mass is 32.2. The maximum Gasteiger partial charge on any atom is 0.0162 e. The fourth-order valence-electron chi connectivity index (χ4n) is 2.09. The van der Waals surface area contributed by atoms with Crippen LogP contribution in [0.4, 0.5) is 0 Å². The molecule has 14 heavy (non-hydrogen) atoms. The number of hydrogen-bond acceptors (Lipinski definition) is 2. The van der Waals surface area contributed by atoms with Crippen molar-refractivity contribution < 1.29 is 0 Å². The Morgan fingerprint density at radius 1 is 1.14 bits per heavy atom. The SMILES string of the molecule is CCSCCC1(N)CCC(C)(C)CC1. The first kappa shape index (κ1) is 12.4. The number of thioether (sulfide) groups is 1. The molecule has 0 aromatic rings. The van der Waals surface area contributed by atoms with Crippen molar-refractivity contribution in [3.8, 4) is 0 Å². The second kappa shape index (κ2) is 4.89. The van der Waals surface area contributed by atoms with Crippen LogP contribution in [0.3, 0.4) is 0 Å². The highest BCUT2D eigenvalue weighted by Gasteiger charge is 2.34. The van der Waals surface area contributed by atoms with E-state index in [2.05, 4.69) is 20.8 Å². The Hall–Kier alpha value is 0.310. The fraction of sp³-hybridized carbons (Fsp3) is 1.00. The van der Waals surface area contributed by atoms with Crippen molar-refractivity contribution in [2.75, 3.05) is 11.5 Å². The lowest BCUT2D eigenvalue weighted by molar-refractivity contribution is 0.162. The predicted octanol–water partition coefficient (Wildman–Crippen LogP) is 3.43. The highest BCUT2D eigenvalue weighted by Crippen LogP contribution is 2.40.